The average molecular weight is 459 g/mol. The van der Waals surface area contributed by atoms with Gasteiger partial charge in [-0.1, -0.05) is 74.1 Å². The molecule has 4 aliphatic rings. The van der Waals surface area contributed by atoms with E-state index in [0.29, 0.717) is 10.8 Å². The van der Waals surface area contributed by atoms with Crippen LogP contribution in [-0.2, 0) is 0 Å². The summed E-state index contributed by atoms with van der Waals surface area (Å²) >= 11 is 0. The van der Waals surface area contributed by atoms with Crippen molar-refractivity contribution >= 4 is 0 Å². The molecule has 0 radical (unpaired) electrons. The van der Waals surface area contributed by atoms with Gasteiger partial charge in [0.05, 0.1) is 6.10 Å². The SMILES string of the molecule is CCCCC1CC(O)CC2CC[C@@H]3[C@H](CC[C@]4(C)[C@@H]([C@H](C)CC[C@H](C)C(C)C)CC[C@@H]34)[C@@]12C. The Labute approximate surface area is 207 Å². The zero-order valence-electron chi connectivity index (χ0n) is 23.4. The molecular formula is C32H58O. The maximum atomic E-state index is 10.7. The van der Waals surface area contributed by atoms with Crippen molar-refractivity contribution in [3.05, 3.63) is 0 Å². The minimum atomic E-state index is -0.0275. The Hall–Kier alpha value is -0.0400. The van der Waals surface area contributed by atoms with E-state index < -0.39 is 0 Å². The molecule has 0 amide bonds. The maximum Gasteiger partial charge on any atom is 0.0546 e. The van der Waals surface area contributed by atoms with Gasteiger partial charge in [0, 0.05) is 0 Å². The predicted molar refractivity (Wildman–Crippen MR) is 142 cm³/mol. The Morgan fingerprint density at radius 1 is 0.879 bits per heavy atom. The summed E-state index contributed by atoms with van der Waals surface area (Å²) in [5, 5.41) is 10.7. The molecule has 0 aromatic carbocycles. The van der Waals surface area contributed by atoms with E-state index in [-0.39, 0.29) is 6.10 Å². The number of rotatable bonds is 8. The van der Waals surface area contributed by atoms with E-state index in [1.807, 2.05) is 0 Å². The zero-order valence-corrected chi connectivity index (χ0v) is 23.4. The van der Waals surface area contributed by atoms with Gasteiger partial charge in [0.2, 0.25) is 0 Å². The summed E-state index contributed by atoms with van der Waals surface area (Å²) in [5.41, 5.74) is 1.09. The van der Waals surface area contributed by atoms with Crippen molar-refractivity contribution in [2.24, 2.45) is 64.1 Å². The normalized spacial score (nSPS) is 47.0. The second-order valence-electron chi connectivity index (χ2n) is 14.5. The first-order valence-electron chi connectivity index (χ1n) is 15.3. The third-order valence-corrected chi connectivity index (χ3v) is 12.8. The summed E-state index contributed by atoms with van der Waals surface area (Å²) in [6, 6.07) is 0. The Morgan fingerprint density at radius 3 is 2.33 bits per heavy atom. The highest BCUT2D eigenvalue weighted by Crippen LogP contribution is 2.69. The fraction of sp³-hybridized carbons (Fsp3) is 1.00. The number of fused-ring (bicyclic) bond motifs is 5. The third kappa shape index (κ3) is 4.60. The molecule has 3 unspecified atom stereocenters. The monoisotopic (exact) mass is 458 g/mol. The Kier molecular flexibility index (Phi) is 8.00. The lowest BCUT2D eigenvalue weighted by Gasteiger charge is -2.63. The Morgan fingerprint density at radius 2 is 1.64 bits per heavy atom. The summed E-state index contributed by atoms with van der Waals surface area (Å²) in [6.45, 7) is 17.7. The highest BCUT2D eigenvalue weighted by molar-refractivity contribution is 5.11. The molecule has 4 fully saturated rings. The van der Waals surface area contributed by atoms with Crippen LogP contribution in [0, 0.1) is 64.1 Å². The molecule has 1 N–H and O–H groups in total. The van der Waals surface area contributed by atoms with Crippen LogP contribution < -0.4 is 0 Å². The van der Waals surface area contributed by atoms with Crippen molar-refractivity contribution in [2.75, 3.05) is 0 Å². The zero-order chi connectivity index (χ0) is 24.0. The molecular weight excluding hydrogens is 400 g/mol. The molecule has 0 saturated heterocycles. The molecule has 0 bridgehead atoms. The number of aliphatic hydroxyl groups is 1. The second kappa shape index (κ2) is 10.1. The Balaban J connectivity index is 1.50. The smallest absolute Gasteiger partial charge is 0.0546 e. The third-order valence-electron chi connectivity index (χ3n) is 12.8. The molecule has 11 atom stereocenters. The maximum absolute atomic E-state index is 10.7. The van der Waals surface area contributed by atoms with Crippen LogP contribution in [0.4, 0.5) is 0 Å². The van der Waals surface area contributed by atoms with Crippen LogP contribution in [0.25, 0.3) is 0 Å². The van der Waals surface area contributed by atoms with E-state index in [4.69, 9.17) is 0 Å². The lowest BCUT2D eigenvalue weighted by Crippen LogP contribution is -2.57. The van der Waals surface area contributed by atoms with Gasteiger partial charge < -0.3 is 5.11 Å². The summed E-state index contributed by atoms with van der Waals surface area (Å²) in [4.78, 5) is 0. The van der Waals surface area contributed by atoms with Crippen molar-refractivity contribution in [2.45, 2.75) is 138 Å². The van der Waals surface area contributed by atoms with Gasteiger partial charge in [0.25, 0.3) is 0 Å². The lowest BCUT2D eigenvalue weighted by atomic mass is 9.42. The number of unbranched alkanes of at least 4 members (excludes halogenated alkanes) is 1. The van der Waals surface area contributed by atoms with Gasteiger partial charge in [-0.05, 0) is 122 Å². The van der Waals surface area contributed by atoms with Crippen molar-refractivity contribution < 1.29 is 5.11 Å². The van der Waals surface area contributed by atoms with Crippen LogP contribution in [0.2, 0.25) is 0 Å². The highest BCUT2D eigenvalue weighted by Gasteiger charge is 2.62. The molecule has 0 spiro atoms. The lowest BCUT2D eigenvalue weighted by molar-refractivity contribution is -0.159. The largest absolute Gasteiger partial charge is 0.393 e. The van der Waals surface area contributed by atoms with Crippen molar-refractivity contribution in [1.29, 1.82) is 0 Å². The fourth-order valence-electron chi connectivity index (χ4n) is 10.4. The molecule has 1 heteroatoms. The first kappa shape index (κ1) is 26.0. The van der Waals surface area contributed by atoms with Gasteiger partial charge in [0.1, 0.15) is 0 Å². The van der Waals surface area contributed by atoms with Gasteiger partial charge in [0.15, 0.2) is 0 Å². The average Bonchev–Trinajstić information content (AvgIpc) is 3.13. The van der Waals surface area contributed by atoms with Gasteiger partial charge in [-0.25, -0.2) is 0 Å². The van der Waals surface area contributed by atoms with Crippen LogP contribution >= 0.6 is 0 Å². The van der Waals surface area contributed by atoms with Gasteiger partial charge in [-0.15, -0.1) is 0 Å². The number of hydrogen-bond donors (Lipinski definition) is 1. The molecule has 0 aliphatic heterocycles. The molecule has 0 aromatic rings. The Bertz CT molecular complexity index is 640. The van der Waals surface area contributed by atoms with Crippen LogP contribution in [0.5, 0.6) is 0 Å². The van der Waals surface area contributed by atoms with E-state index in [9.17, 15) is 5.11 Å². The van der Waals surface area contributed by atoms with Crippen LogP contribution in [-0.4, -0.2) is 11.2 Å². The van der Waals surface area contributed by atoms with Crippen molar-refractivity contribution in [3.8, 4) is 0 Å². The van der Waals surface area contributed by atoms with Crippen LogP contribution in [0.3, 0.4) is 0 Å². The molecule has 4 saturated carbocycles. The van der Waals surface area contributed by atoms with E-state index in [0.717, 1.165) is 66.1 Å². The summed E-state index contributed by atoms with van der Waals surface area (Å²) in [6.07, 6.45) is 17.9. The topological polar surface area (TPSA) is 20.2 Å². The molecule has 4 rings (SSSR count). The van der Waals surface area contributed by atoms with Crippen LogP contribution in [0.15, 0.2) is 0 Å². The van der Waals surface area contributed by atoms with Crippen molar-refractivity contribution in [1.82, 2.24) is 0 Å². The van der Waals surface area contributed by atoms with E-state index in [2.05, 4.69) is 48.5 Å². The first-order chi connectivity index (χ1) is 15.6. The molecule has 1 nitrogen and oxygen atoms in total. The number of aliphatic hydroxyl groups excluding tert-OH is 1. The second-order valence-corrected chi connectivity index (χ2v) is 14.5. The van der Waals surface area contributed by atoms with E-state index >= 15 is 0 Å². The summed E-state index contributed by atoms with van der Waals surface area (Å²) in [7, 11) is 0. The minimum absolute atomic E-state index is 0.0275. The minimum Gasteiger partial charge on any atom is -0.393 e. The van der Waals surface area contributed by atoms with Gasteiger partial charge in [-0.3, -0.25) is 0 Å². The fourth-order valence-corrected chi connectivity index (χ4v) is 10.4. The number of hydrogen-bond acceptors (Lipinski definition) is 1. The van der Waals surface area contributed by atoms with Crippen molar-refractivity contribution in [3.63, 3.8) is 0 Å². The van der Waals surface area contributed by atoms with Gasteiger partial charge in [-0.2, -0.15) is 0 Å². The molecule has 4 aliphatic carbocycles. The van der Waals surface area contributed by atoms with Crippen LogP contribution in [0.1, 0.15) is 132 Å². The molecule has 0 aromatic heterocycles. The molecule has 192 valence electrons. The molecule has 0 heterocycles. The standard InChI is InChI=1S/C32H58O/c1-8-9-10-24-19-26(33)20-25-13-14-27-29-16-15-28(23(5)12-11-22(4)21(2)3)31(29,6)18-17-30(27)32(24,25)7/h21-30,33H,8-20H2,1-7H3/t22-,23+,24?,25?,26?,27-,28+,29-,30-,31+,32-/m0/s1. The van der Waals surface area contributed by atoms with E-state index in [1.54, 1.807) is 0 Å². The highest BCUT2D eigenvalue weighted by atomic mass is 16.3. The van der Waals surface area contributed by atoms with Gasteiger partial charge >= 0.3 is 0 Å². The van der Waals surface area contributed by atoms with E-state index in [1.165, 1.54) is 70.6 Å². The summed E-state index contributed by atoms with van der Waals surface area (Å²) in [5.74, 6) is 7.95. The molecule has 33 heavy (non-hydrogen) atoms. The predicted octanol–water partition coefficient (Wildman–Crippen LogP) is 9.13. The quantitative estimate of drug-likeness (QED) is 0.384. The summed E-state index contributed by atoms with van der Waals surface area (Å²) < 4.78 is 0. The first-order valence-corrected chi connectivity index (χ1v) is 15.3.